The van der Waals surface area contributed by atoms with Gasteiger partial charge in [-0.25, -0.2) is 4.79 Å². The Morgan fingerprint density at radius 3 is 2.29 bits per heavy atom. The summed E-state index contributed by atoms with van der Waals surface area (Å²) in [5.74, 6) is -1.16. The van der Waals surface area contributed by atoms with Crippen LogP contribution in [0.3, 0.4) is 0 Å². The van der Waals surface area contributed by atoms with E-state index in [9.17, 15) is 4.79 Å². The fraction of sp³-hybridized carbons (Fsp3) is 0. The smallest absolute Gasteiger partial charge is 0.329 e. The van der Waals surface area contributed by atoms with E-state index in [4.69, 9.17) is 10.4 Å². The zero-order chi connectivity index (χ0) is 13.2. The molecule has 0 radical (unpaired) electrons. The summed E-state index contributed by atoms with van der Waals surface area (Å²) in [4.78, 5) is 10.6. The summed E-state index contributed by atoms with van der Waals surface area (Å²) < 4.78 is 2.81. The predicted octanol–water partition coefficient (Wildman–Crippen LogP) is 4.73. The number of aliphatic carboxylic acids is 1. The van der Waals surface area contributed by atoms with Crippen molar-refractivity contribution in [3.8, 4) is 6.07 Å². The molecule has 88 valence electrons. The van der Waals surface area contributed by atoms with Crippen molar-refractivity contribution in [1.82, 2.24) is 0 Å². The van der Waals surface area contributed by atoms with E-state index in [1.54, 1.807) is 6.07 Å². The highest BCUT2D eigenvalue weighted by Gasteiger charge is 2.15. The standard InChI is InChI=1S/C10H3Br4NO2/c11-6-2-5(4(3-15)1-7(16)17)8(12)10(14)9(6)13/h1-2H,(H,16,17). The molecule has 0 heterocycles. The molecule has 17 heavy (non-hydrogen) atoms. The van der Waals surface area contributed by atoms with Crippen LogP contribution in [0.1, 0.15) is 5.56 Å². The first kappa shape index (κ1) is 14.9. The van der Waals surface area contributed by atoms with Crippen LogP contribution in [0.4, 0.5) is 0 Å². The summed E-state index contributed by atoms with van der Waals surface area (Å²) >= 11 is 13.3. The maximum Gasteiger partial charge on any atom is 0.329 e. The van der Waals surface area contributed by atoms with Gasteiger partial charge in [-0.15, -0.1) is 0 Å². The zero-order valence-electron chi connectivity index (χ0n) is 7.97. The van der Waals surface area contributed by atoms with Crippen LogP contribution in [0.5, 0.6) is 0 Å². The quantitative estimate of drug-likeness (QED) is 0.283. The minimum Gasteiger partial charge on any atom is -0.478 e. The number of allylic oxidation sites excluding steroid dienone is 1. The minimum absolute atomic E-state index is 0.0678. The number of carboxylic acid groups (broad SMARTS) is 1. The fourth-order valence-corrected chi connectivity index (χ4v) is 3.29. The van der Waals surface area contributed by atoms with Gasteiger partial charge in [0.05, 0.1) is 5.57 Å². The Morgan fingerprint density at radius 2 is 1.82 bits per heavy atom. The fourth-order valence-electron chi connectivity index (χ4n) is 1.06. The van der Waals surface area contributed by atoms with Gasteiger partial charge in [-0.3, -0.25) is 0 Å². The number of rotatable bonds is 2. The number of hydrogen-bond donors (Lipinski definition) is 1. The SMILES string of the molecule is N#CC(=CC(=O)O)c1cc(Br)c(Br)c(Br)c1Br. The average molecular weight is 489 g/mol. The van der Waals surface area contributed by atoms with Gasteiger partial charge in [0.25, 0.3) is 0 Å². The molecule has 0 aliphatic rings. The molecular formula is C10H3Br4NO2. The van der Waals surface area contributed by atoms with Gasteiger partial charge >= 0.3 is 5.97 Å². The molecule has 1 rings (SSSR count). The maximum atomic E-state index is 10.6. The molecule has 0 aliphatic carbocycles. The molecule has 3 nitrogen and oxygen atoms in total. The maximum absolute atomic E-state index is 10.6. The molecule has 1 N–H and O–H groups in total. The highest BCUT2D eigenvalue weighted by Crippen LogP contribution is 2.41. The normalized spacial score (nSPS) is 11.1. The Kier molecular flexibility index (Phi) is 5.38. The van der Waals surface area contributed by atoms with E-state index in [0.717, 1.165) is 10.5 Å². The van der Waals surface area contributed by atoms with Crippen LogP contribution in [0.15, 0.2) is 30.0 Å². The first-order valence-electron chi connectivity index (χ1n) is 4.06. The number of halogens is 4. The summed E-state index contributed by atoms with van der Waals surface area (Å²) in [6.45, 7) is 0. The third kappa shape index (κ3) is 3.41. The van der Waals surface area contributed by atoms with Crippen LogP contribution < -0.4 is 0 Å². The summed E-state index contributed by atoms with van der Waals surface area (Å²) in [7, 11) is 0. The van der Waals surface area contributed by atoms with Crippen LogP contribution in [0.25, 0.3) is 5.57 Å². The van der Waals surface area contributed by atoms with Crippen LogP contribution in [0, 0.1) is 11.3 Å². The van der Waals surface area contributed by atoms with Crippen LogP contribution in [0.2, 0.25) is 0 Å². The molecule has 0 aromatic heterocycles. The number of hydrogen-bond acceptors (Lipinski definition) is 2. The Bertz CT molecular complexity index is 560. The number of carbonyl (C=O) groups is 1. The van der Waals surface area contributed by atoms with Crippen molar-refractivity contribution < 1.29 is 9.90 Å². The van der Waals surface area contributed by atoms with E-state index < -0.39 is 5.97 Å². The van der Waals surface area contributed by atoms with E-state index in [-0.39, 0.29) is 5.57 Å². The lowest BCUT2D eigenvalue weighted by molar-refractivity contribution is -0.131. The van der Waals surface area contributed by atoms with Crippen molar-refractivity contribution in [3.05, 3.63) is 35.6 Å². The Labute approximate surface area is 131 Å². The van der Waals surface area contributed by atoms with Gasteiger partial charge in [0.15, 0.2) is 0 Å². The molecule has 0 aliphatic heterocycles. The molecular weight excluding hydrogens is 486 g/mol. The molecule has 7 heteroatoms. The number of nitrogens with zero attached hydrogens (tertiary/aromatic N) is 1. The van der Waals surface area contributed by atoms with Crippen molar-refractivity contribution in [2.45, 2.75) is 0 Å². The second-order valence-electron chi connectivity index (χ2n) is 2.86. The van der Waals surface area contributed by atoms with Crippen molar-refractivity contribution in [2.75, 3.05) is 0 Å². The van der Waals surface area contributed by atoms with Crippen LogP contribution >= 0.6 is 63.7 Å². The van der Waals surface area contributed by atoms with E-state index in [1.807, 2.05) is 6.07 Å². The summed E-state index contributed by atoms with van der Waals surface area (Å²) in [6, 6.07) is 3.52. The molecule has 0 saturated heterocycles. The molecule has 0 amide bonds. The van der Waals surface area contributed by atoms with E-state index in [2.05, 4.69) is 63.7 Å². The number of nitriles is 1. The molecule has 0 atom stereocenters. The molecule has 0 unspecified atom stereocenters. The first-order valence-corrected chi connectivity index (χ1v) is 7.23. The second-order valence-corrected chi connectivity index (χ2v) is 6.09. The van der Waals surface area contributed by atoms with Crippen molar-refractivity contribution in [1.29, 1.82) is 5.26 Å². The van der Waals surface area contributed by atoms with Gasteiger partial charge < -0.3 is 5.11 Å². The van der Waals surface area contributed by atoms with E-state index in [1.165, 1.54) is 0 Å². The highest BCUT2D eigenvalue weighted by molar-refractivity contribution is 9.15. The van der Waals surface area contributed by atoms with E-state index in [0.29, 0.717) is 19.0 Å². The molecule has 0 bridgehead atoms. The third-order valence-electron chi connectivity index (χ3n) is 1.78. The second kappa shape index (κ2) is 6.14. The van der Waals surface area contributed by atoms with E-state index >= 15 is 0 Å². The Hall–Kier alpha value is -0.160. The van der Waals surface area contributed by atoms with Gasteiger partial charge in [-0.05, 0) is 69.8 Å². The third-order valence-corrected chi connectivity index (χ3v) is 6.44. The van der Waals surface area contributed by atoms with Gasteiger partial charge in [0, 0.05) is 29.5 Å². The average Bonchev–Trinajstić information content (AvgIpc) is 2.28. The Balaban J connectivity index is 3.53. The first-order chi connectivity index (χ1) is 7.88. The molecule has 0 spiro atoms. The molecule has 1 aromatic carbocycles. The van der Waals surface area contributed by atoms with Gasteiger partial charge in [0.1, 0.15) is 6.07 Å². The largest absolute Gasteiger partial charge is 0.478 e. The van der Waals surface area contributed by atoms with Gasteiger partial charge in [0.2, 0.25) is 0 Å². The summed E-state index contributed by atoms with van der Waals surface area (Å²) in [5, 5.41) is 17.6. The predicted molar refractivity (Wildman–Crippen MR) is 78.5 cm³/mol. The lowest BCUT2D eigenvalue weighted by atomic mass is 10.1. The summed E-state index contributed by atoms with van der Waals surface area (Å²) in [6.07, 6.45) is 0.868. The summed E-state index contributed by atoms with van der Waals surface area (Å²) in [5.41, 5.74) is 0.565. The monoisotopic (exact) mass is 485 g/mol. The molecule has 1 aromatic rings. The van der Waals surface area contributed by atoms with Crippen molar-refractivity contribution in [2.24, 2.45) is 0 Å². The lowest BCUT2D eigenvalue weighted by Crippen LogP contribution is -1.93. The zero-order valence-corrected chi connectivity index (χ0v) is 14.3. The van der Waals surface area contributed by atoms with Gasteiger partial charge in [-0.1, -0.05) is 0 Å². The molecule has 0 saturated carbocycles. The number of benzene rings is 1. The minimum atomic E-state index is -1.16. The van der Waals surface area contributed by atoms with Gasteiger partial charge in [-0.2, -0.15) is 5.26 Å². The lowest BCUT2D eigenvalue weighted by Gasteiger charge is -2.08. The van der Waals surface area contributed by atoms with Crippen LogP contribution in [-0.4, -0.2) is 11.1 Å². The molecule has 0 fully saturated rings. The number of carboxylic acids is 1. The highest BCUT2D eigenvalue weighted by atomic mass is 79.9. The van der Waals surface area contributed by atoms with Crippen molar-refractivity contribution >= 4 is 75.3 Å². The topological polar surface area (TPSA) is 61.1 Å². The van der Waals surface area contributed by atoms with Crippen LogP contribution in [-0.2, 0) is 4.79 Å². The van der Waals surface area contributed by atoms with Crippen molar-refractivity contribution in [3.63, 3.8) is 0 Å². The Morgan fingerprint density at radius 1 is 1.24 bits per heavy atom.